The van der Waals surface area contributed by atoms with E-state index in [1.165, 1.54) is 5.56 Å². The van der Waals surface area contributed by atoms with Gasteiger partial charge < -0.3 is 10.1 Å². The van der Waals surface area contributed by atoms with Crippen LogP contribution in [0.4, 0.5) is 5.69 Å². The highest BCUT2D eigenvalue weighted by Gasteiger charge is 2.14. The van der Waals surface area contributed by atoms with Gasteiger partial charge in [0.2, 0.25) is 0 Å². The molecule has 0 spiro atoms. The Hall–Kier alpha value is -3.32. The molecule has 6 nitrogen and oxygen atoms in total. The molecule has 1 amide bonds. The van der Waals surface area contributed by atoms with Crippen LogP contribution in [0.25, 0.3) is 0 Å². The van der Waals surface area contributed by atoms with Crippen LogP contribution in [0.15, 0.2) is 71.6 Å². The van der Waals surface area contributed by atoms with Crippen LogP contribution in [-0.4, -0.2) is 27.5 Å². The normalized spacial score (nSPS) is 11.1. The molecule has 3 aromatic carbocycles. The van der Waals surface area contributed by atoms with Crippen molar-refractivity contribution in [1.29, 1.82) is 0 Å². The molecule has 3 rings (SSSR count). The lowest BCUT2D eigenvalue weighted by atomic mass is 10.1. The van der Waals surface area contributed by atoms with Crippen LogP contribution < -0.4 is 14.8 Å². The van der Waals surface area contributed by atoms with Gasteiger partial charge in [-0.25, -0.2) is 8.42 Å². The molecule has 2 N–H and O–H groups in total. The van der Waals surface area contributed by atoms with Gasteiger partial charge in [-0.1, -0.05) is 23.8 Å². The van der Waals surface area contributed by atoms with Crippen molar-refractivity contribution >= 4 is 21.6 Å². The fraction of sp³-hybridized carbons (Fsp3) is 0.208. The summed E-state index contributed by atoms with van der Waals surface area (Å²) in [5.74, 6) is 0.513. The highest BCUT2D eigenvalue weighted by atomic mass is 32.2. The first-order chi connectivity index (χ1) is 14.7. The zero-order valence-corrected chi connectivity index (χ0v) is 18.6. The third kappa shape index (κ3) is 6.08. The lowest BCUT2D eigenvalue weighted by Crippen LogP contribution is -2.28. The van der Waals surface area contributed by atoms with Crippen molar-refractivity contribution in [2.75, 3.05) is 17.9 Å². The predicted octanol–water partition coefficient (Wildman–Crippen LogP) is 4.22. The van der Waals surface area contributed by atoms with Crippen molar-refractivity contribution in [2.45, 2.75) is 25.7 Å². The van der Waals surface area contributed by atoms with Crippen molar-refractivity contribution in [1.82, 2.24) is 5.32 Å². The van der Waals surface area contributed by atoms with Gasteiger partial charge in [0.1, 0.15) is 12.4 Å². The summed E-state index contributed by atoms with van der Waals surface area (Å²) in [5, 5.41) is 2.79. The minimum absolute atomic E-state index is 0.184. The lowest BCUT2D eigenvalue weighted by molar-refractivity contribution is 0.0947. The number of hydrogen-bond acceptors (Lipinski definition) is 4. The van der Waals surface area contributed by atoms with Gasteiger partial charge in [0.25, 0.3) is 15.9 Å². The molecule has 0 aliphatic carbocycles. The molecular formula is C24H26N2O4S. The molecule has 0 aromatic heterocycles. The molecular weight excluding hydrogens is 412 g/mol. The third-order valence-corrected chi connectivity index (χ3v) is 6.26. The smallest absolute Gasteiger partial charge is 0.261 e. The van der Waals surface area contributed by atoms with Crippen molar-refractivity contribution < 1.29 is 17.9 Å². The second-order valence-electron chi connectivity index (χ2n) is 7.35. The Morgan fingerprint density at radius 3 is 2.19 bits per heavy atom. The minimum Gasteiger partial charge on any atom is -0.492 e. The maximum absolute atomic E-state index is 12.5. The molecule has 0 atom stereocenters. The standard InChI is InChI=1S/C24H26N2O4S/c1-17-4-12-23(13-5-17)31(28,29)26-21-9-7-20(8-10-21)24(27)25-14-15-30-22-11-6-18(2)19(3)16-22/h4-13,16,26H,14-15H2,1-3H3,(H,25,27). The van der Waals surface area contributed by atoms with Gasteiger partial charge >= 0.3 is 0 Å². The molecule has 0 aliphatic rings. The van der Waals surface area contributed by atoms with Gasteiger partial charge in [-0.05, 0) is 80.4 Å². The molecule has 0 unspecified atom stereocenters. The number of aryl methyl sites for hydroxylation is 3. The zero-order chi connectivity index (χ0) is 22.4. The molecule has 0 radical (unpaired) electrons. The first-order valence-electron chi connectivity index (χ1n) is 9.92. The second kappa shape index (κ2) is 9.66. The Morgan fingerprint density at radius 2 is 1.55 bits per heavy atom. The summed E-state index contributed by atoms with van der Waals surface area (Å²) in [7, 11) is -3.68. The van der Waals surface area contributed by atoms with Gasteiger partial charge in [0.15, 0.2) is 0 Å². The van der Waals surface area contributed by atoms with Crippen LogP contribution in [0.3, 0.4) is 0 Å². The number of hydrogen-bond donors (Lipinski definition) is 2. The van der Waals surface area contributed by atoms with Crippen LogP contribution in [0.1, 0.15) is 27.0 Å². The molecule has 3 aromatic rings. The Morgan fingerprint density at radius 1 is 0.871 bits per heavy atom. The van der Waals surface area contributed by atoms with E-state index < -0.39 is 10.0 Å². The van der Waals surface area contributed by atoms with E-state index in [4.69, 9.17) is 4.74 Å². The van der Waals surface area contributed by atoms with Gasteiger partial charge in [-0.2, -0.15) is 0 Å². The maximum atomic E-state index is 12.5. The summed E-state index contributed by atoms with van der Waals surface area (Å²) in [5.41, 5.74) is 4.15. The van der Waals surface area contributed by atoms with Gasteiger partial charge in [0, 0.05) is 11.3 Å². The second-order valence-corrected chi connectivity index (χ2v) is 9.03. The van der Waals surface area contributed by atoms with Gasteiger partial charge in [-0.15, -0.1) is 0 Å². The van der Waals surface area contributed by atoms with Crippen molar-refractivity contribution in [3.05, 3.63) is 89.0 Å². The number of rotatable bonds is 8. The summed E-state index contributed by atoms with van der Waals surface area (Å²) in [6.45, 7) is 6.66. The first-order valence-corrected chi connectivity index (χ1v) is 11.4. The Kier molecular flexibility index (Phi) is 6.97. The number of anilines is 1. The molecule has 0 aliphatic heterocycles. The van der Waals surface area contributed by atoms with Gasteiger partial charge in [0.05, 0.1) is 11.4 Å². The molecule has 0 heterocycles. The number of nitrogens with one attached hydrogen (secondary N) is 2. The number of carbonyl (C=O) groups is 1. The quantitative estimate of drug-likeness (QED) is 0.516. The predicted molar refractivity (Wildman–Crippen MR) is 122 cm³/mol. The van der Waals surface area contributed by atoms with E-state index in [2.05, 4.69) is 10.0 Å². The average Bonchev–Trinajstić information content (AvgIpc) is 2.74. The minimum atomic E-state index is -3.68. The monoisotopic (exact) mass is 438 g/mol. The van der Waals surface area contributed by atoms with Crippen molar-refractivity contribution in [2.24, 2.45) is 0 Å². The first kappa shape index (κ1) is 22.4. The van der Waals surface area contributed by atoms with E-state index in [-0.39, 0.29) is 10.8 Å². The molecule has 0 fully saturated rings. The highest BCUT2D eigenvalue weighted by Crippen LogP contribution is 2.18. The molecule has 0 saturated heterocycles. The summed E-state index contributed by atoms with van der Waals surface area (Å²) < 4.78 is 33.1. The van der Waals surface area contributed by atoms with E-state index in [0.717, 1.165) is 16.9 Å². The highest BCUT2D eigenvalue weighted by molar-refractivity contribution is 7.92. The van der Waals surface area contributed by atoms with Crippen LogP contribution >= 0.6 is 0 Å². The maximum Gasteiger partial charge on any atom is 0.261 e. The van der Waals surface area contributed by atoms with Crippen LogP contribution in [0.5, 0.6) is 5.75 Å². The Balaban J connectivity index is 1.51. The summed E-state index contributed by atoms with van der Waals surface area (Å²) >= 11 is 0. The number of ether oxygens (including phenoxy) is 1. The fourth-order valence-corrected chi connectivity index (χ4v) is 3.92. The molecule has 7 heteroatoms. The van der Waals surface area contributed by atoms with E-state index in [1.807, 2.05) is 39.0 Å². The van der Waals surface area contributed by atoms with E-state index in [1.54, 1.807) is 48.5 Å². The molecule has 162 valence electrons. The number of carbonyl (C=O) groups excluding carboxylic acids is 1. The fourth-order valence-electron chi connectivity index (χ4n) is 2.86. The largest absolute Gasteiger partial charge is 0.492 e. The third-order valence-electron chi connectivity index (χ3n) is 4.87. The lowest BCUT2D eigenvalue weighted by Gasteiger charge is -2.10. The number of sulfonamides is 1. The van der Waals surface area contributed by atoms with Crippen molar-refractivity contribution in [3.8, 4) is 5.75 Å². The Labute approximate surface area is 183 Å². The summed E-state index contributed by atoms with van der Waals surface area (Å²) in [6.07, 6.45) is 0. The molecule has 0 bridgehead atoms. The zero-order valence-electron chi connectivity index (χ0n) is 17.8. The van der Waals surface area contributed by atoms with E-state index in [0.29, 0.717) is 24.4 Å². The topological polar surface area (TPSA) is 84.5 Å². The van der Waals surface area contributed by atoms with Crippen LogP contribution in [-0.2, 0) is 10.0 Å². The molecule has 0 saturated carbocycles. The van der Waals surface area contributed by atoms with Crippen molar-refractivity contribution in [3.63, 3.8) is 0 Å². The van der Waals surface area contributed by atoms with Gasteiger partial charge in [-0.3, -0.25) is 9.52 Å². The van der Waals surface area contributed by atoms with Crippen LogP contribution in [0, 0.1) is 20.8 Å². The average molecular weight is 439 g/mol. The number of amides is 1. The van der Waals surface area contributed by atoms with Crippen LogP contribution in [0.2, 0.25) is 0 Å². The van der Waals surface area contributed by atoms with E-state index >= 15 is 0 Å². The Bertz CT molecular complexity index is 1160. The number of benzene rings is 3. The summed E-state index contributed by atoms with van der Waals surface area (Å²) in [4.78, 5) is 12.5. The molecule has 31 heavy (non-hydrogen) atoms. The van der Waals surface area contributed by atoms with E-state index in [9.17, 15) is 13.2 Å². The SMILES string of the molecule is Cc1ccc(S(=O)(=O)Nc2ccc(C(=O)NCCOc3ccc(C)c(C)c3)cc2)cc1. The summed E-state index contributed by atoms with van der Waals surface area (Å²) in [6, 6.07) is 18.7.